The summed E-state index contributed by atoms with van der Waals surface area (Å²) < 4.78 is 4.31. The number of ketones is 1. The highest BCUT2D eigenvalue weighted by Gasteiger charge is 2.25. The van der Waals surface area contributed by atoms with Crippen molar-refractivity contribution in [2.24, 2.45) is 0 Å². The maximum atomic E-state index is 11.7. The zero-order chi connectivity index (χ0) is 13.3. The number of H-pyrrole nitrogens is 1. The van der Waals surface area contributed by atoms with Gasteiger partial charge < -0.3 is 9.72 Å². The lowest BCUT2D eigenvalue weighted by Gasteiger charge is -1.98. The number of aromatic nitrogens is 1. The van der Waals surface area contributed by atoms with Crippen LogP contribution in [-0.4, -0.2) is 28.8 Å². The van der Waals surface area contributed by atoms with E-state index in [1.54, 1.807) is 6.07 Å². The third-order valence-corrected chi connectivity index (χ3v) is 2.50. The molecule has 18 heavy (non-hydrogen) atoms. The zero-order valence-corrected chi connectivity index (χ0v) is 9.30. The molecule has 0 unspecified atom stereocenters. The number of rotatable bonds is 3. The van der Waals surface area contributed by atoms with Crippen LogP contribution in [0.25, 0.3) is 10.9 Å². The number of hydrogen-bond acceptors (Lipinski definition) is 5. The lowest BCUT2D eigenvalue weighted by atomic mass is 10.1. The summed E-state index contributed by atoms with van der Waals surface area (Å²) in [4.78, 5) is 35.9. The molecule has 1 aromatic carbocycles. The molecule has 1 aromatic heterocycles. The number of Topliss-reactive ketones (excluding diaryl/α,β-unsaturated/α-hetero) is 1. The van der Waals surface area contributed by atoms with Crippen LogP contribution in [0.5, 0.6) is 0 Å². The van der Waals surface area contributed by atoms with Crippen molar-refractivity contribution in [1.29, 1.82) is 0 Å². The first kappa shape index (κ1) is 11.8. The maximum Gasteiger partial charge on any atom is 0.379 e. The second-order valence-electron chi connectivity index (χ2n) is 3.48. The number of nitrogens with one attached hydrogen (secondary N) is 1. The van der Waals surface area contributed by atoms with Crippen LogP contribution >= 0.6 is 0 Å². The molecule has 0 aliphatic rings. The summed E-state index contributed by atoms with van der Waals surface area (Å²) in [5.74, 6) is -1.98. The monoisotopic (exact) mass is 248 g/mol. The Morgan fingerprint density at radius 1 is 1.39 bits per heavy atom. The van der Waals surface area contributed by atoms with Gasteiger partial charge in [-0.3, -0.25) is 14.9 Å². The summed E-state index contributed by atoms with van der Waals surface area (Å²) in [6, 6.07) is 4.34. The average molecular weight is 248 g/mol. The van der Waals surface area contributed by atoms with E-state index in [1.807, 2.05) is 0 Å². The lowest BCUT2D eigenvalue weighted by molar-refractivity contribution is -0.383. The van der Waals surface area contributed by atoms with Gasteiger partial charge in [-0.25, -0.2) is 4.79 Å². The number of ether oxygens (including phenoxy) is 1. The zero-order valence-electron chi connectivity index (χ0n) is 9.30. The molecule has 0 saturated carbocycles. The number of carbonyl (C=O) groups excluding carboxylic acids is 2. The normalized spacial score (nSPS) is 10.3. The highest BCUT2D eigenvalue weighted by molar-refractivity contribution is 6.43. The molecule has 0 aliphatic carbocycles. The highest BCUT2D eigenvalue weighted by atomic mass is 16.6. The van der Waals surface area contributed by atoms with Crippen LogP contribution in [0.3, 0.4) is 0 Å². The first-order valence-electron chi connectivity index (χ1n) is 4.93. The van der Waals surface area contributed by atoms with Crippen LogP contribution < -0.4 is 0 Å². The van der Waals surface area contributed by atoms with Gasteiger partial charge >= 0.3 is 5.97 Å². The molecular weight excluding hydrogens is 240 g/mol. The van der Waals surface area contributed by atoms with Gasteiger partial charge in [0.25, 0.3) is 11.5 Å². The minimum Gasteiger partial charge on any atom is -0.463 e. The number of carbonyl (C=O) groups is 2. The third-order valence-electron chi connectivity index (χ3n) is 2.50. The van der Waals surface area contributed by atoms with Gasteiger partial charge in [0.1, 0.15) is 0 Å². The minimum atomic E-state index is -1.06. The van der Waals surface area contributed by atoms with Gasteiger partial charge in [-0.05, 0) is 6.07 Å². The van der Waals surface area contributed by atoms with Crippen molar-refractivity contribution in [3.8, 4) is 0 Å². The van der Waals surface area contributed by atoms with E-state index in [9.17, 15) is 19.7 Å². The van der Waals surface area contributed by atoms with Gasteiger partial charge in [-0.15, -0.1) is 0 Å². The van der Waals surface area contributed by atoms with E-state index in [-0.39, 0.29) is 16.6 Å². The molecular formula is C11H8N2O5. The Kier molecular flexibility index (Phi) is 2.80. The van der Waals surface area contributed by atoms with E-state index in [0.717, 1.165) is 7.11 Å². The average Bonchev–Trinajstić information content (AvgIpc) is 2.80. The predicted octanol–water partition coefficient (Wildman–Crippen LogP) is 1.43. The number of esters is 1. The van der Waals surface area contributed by atoms with Crippen molar-refractivity contribution in [2.45, 2.75) is 0 Å². The Balaban J connectivity index is 2.70. The van der Waals surface area contributed by atoms with Gasteiger partial charge in [0, 0.05) is 12.3 Å². The number of hydrogen-bond donors (Lipinski definition) is 1. The van der Waals surface area contributed by atoms with E-state index in [4.69, 9.17) is 0 Å². The van der Waals surface area contributed by atoms with Crippen molar-refractivity contribution >= 4 is 28.3 Å². The molecule has 0 bridgehead atoms. The van der Waals surface area contributed by atoms with Crippen LogP contribution in [0.2, 0.25) is 0 Å². The Hall–Kier alpha value is -2.70. The second-order valence-corrected chi connectivity index (χ2v) is 3.48. The molecule has 0 saturated heterocycles. The van der Waals surface area contributed by atoms with Gasteiger partial charge in [0.15, 0.2) is 0 Å². The number of non-ortho nitro benzene ring substituents is 1. The summed E-state index contributed by atoms with van der Waals surface area (Å²) in [6.07, 6.45) is 1.26. The van der Waals surface area contributed by atoms with Crippen molar-refractivity contribution in [2.75, 3.05) is 7.11 Å². The molecule has 0 radical (unpaired) electrons. The highest BCUT2D eigenvalue weighted by Crippen LogP contribution is 2.28. The van der Waals surface area contributed by atoms with Crippen molar-refractivity contribution in [3.63, 3.8) is 0 Å². The number of aromatic amines is 1. The molecule has 0 atom stereocenters. The Morgan fingerprint density at radius 3 is 2.72 bits per heavy atom. The standard InChI is InChI=1S/C11H8N2O5/c1-18-11(15)10(14)6-5-12-7-3-2-4-8(9(6)7)13(16)17/h2-5,12H,1H3. The molecule has 7 nitrogen and oxygen atoms in total. The molecule has 2 rings (SSSR count). The van der Waals surface area contributed by atoms with Crippen molar-refractivity contribution in [1.82, 2.24) is 4.98 Å². The maximum absolute atomic E-state index is 11.7. The number of fused-ring (bicyclic) bond motifs is 1. The Morgan fingerprint density at radius 2 is 2.11 bits per heavy atom. The molecule has 0 aliphatic heterocycles. The molecule has 2 aromatic rings. The molecule has 0 spiro atoms. The SMILES string of the molecule is COC(=O)C(=O)c1c[nH]c2cccc([N+](=O)[O-])c12. The van der Waals surface area contributed by atoms with Crippen LogP contribution in [0.4, 0.5) is 5.69 Å². The smallest absolute Gasteiger partial charge is 0.379 e. The summed E-state index contributed by atoms with van der Waals surface area (Å²) in [6.45, 7) is 0. The summed E-state index contributed by atoms with van der Waals surface area (Å²) in [5.41, 5.74) is 0.113. The largest absolute Gasteiger partial charge is 0.463 e. The van der Waals surface area contributed by atoms with E-state index >= 15 is 0 Å². The Labute approximate surface area is 101 Å². The van der Waals surface area contributed by atoms with E-state index in [1.165, 1.54) is 18.3 Å². The Bertz CT molecular complexity index is 658. The van der Waals surface area contributed by atoms with Gasteiger partial charge in [-0.2, -0.15) is 0 Å². The molecule has 0 amide bonds. The fraction of sp³-hybridized carbons (Fsp3) is 0.0909. The summed E-state index contributed by atoms with van der Waals surface area (Å²) in [5, 5.41) is 11.0. The number of methoxy groups -OCH3 is 1. The van der Waals surface area contributed by atoms with Crippen LogP contribution in [0.1, 0.15) is 10.4 Å². The van der Waals surface area contributed by atoms with Gasteiger partial charge in [0.2, 0.25) is 0 Å². The number of nitro benzene ring substituents is 1. The summed E-state index contributed by atoms with van der Waals surface area (Å²) >= 11 is 0. The lowest BCUT2D eigenvalue weighted by Crippen LogP contribution is -2.15. The van der Waals surface area contributed by atoms with Crippen LogP contribution in [0.15, 0.2) is 24.4 Å². The molecule has 92 valence electrons. The first-order valence-corrected chi connectivity index (χ1v) is 4.93. The number of nitro groups is 1. The first-order chi connectivity index (χ1) is 8.56. The van der Waals surface area contributed by atoms with Crippen molar-refractivity contribution < 1.29 is 19.2 Å². The van der Waals surface area contributed by atoms with Gasteiger partial charge in [-0.1, -0.05) is 6.07 Å². The summed E-state index contributed by atoms with van der Waals surface area (Å²) in [7, 11) is 1.07. The molecule has 0 fully saturated rings. The fourth-order valence-electron chi connectivity index (χ4n) is 1.70. The third kappa shape index (κ3) is 1.71. The number of benzene rings is 1. The quantitative estimate of drug-likeness (QED) is 0.291. The molecule has 1 N–H and O–H groups in total. The van der Waals surface area contributed by atoms with Gasteiger partial charge in [0.05, 0.1) is 28.5 Å². The number of nitrogens with zero attached hydrogens (tertiary/aromatic N) is 1. The molecule has 7 heteroatoms. The topological polar surface area (TPSA) is 102 Å². The predicted molar refractivity (Wildman–Crippen MR) is 61.3 cm³/mol. The molecule has 1 heterocycles. The van der Waals surface area contributed by atoms with E-state index in [2.05, 4.69) is 9.72 Å². The fourth-order valence-corrected chi connectivity index (χ4v) is 1.70. The van der Waals surface area contributed by atoms with E-state index in [0.29, 0.717) is 5.52 Å². The second kappa shape index (κ2) is 4.28. The minimum absolute atomic E-state index is 0.0656. The van der Waals surface area contributed by atoms with Crippen LogP contribution in [-0.2, 0) is 9.53 Å². The van der Waals surface area contributed by atoms with E-state index < -0.39 is 16.7 Å². The van der Waals surface area contributed by atoms with Crippen molar-refractivity contribution in [3.05, 3.63) is 40.1 Å². The van der Waals surface area contributed by atoms with Crippen LogP contribution in [0, 0.1) is 10.1 Å².